The van der Waals surface area contributed by atoms with Gasteiger partial charge in [-0.15, -0.1) is 5.10 Å². The second-order valence-electron chi connectivity index (χ2n) is 10.9. The van der Waals surface area contributed by atoms with E-state index in [1.165, 1.54) is 4.90 Å². The number of nitrogens with zero attached hydrogens (tertiary/aromatic N) is 4. The fourth-order valence-electron chi connectivity index (χ4n) is 5.11. The number of rotatable bonds is 7. The first kappa shape index (κ1) is 25.0. The number of halogens is 2. The van der Waals surface area contributed by atoms with Crippen LogP contribution in [0.2, 0.25) is 0 Å². The SMILES string of the molecule is CC(C)(C)[C@@H](C(=O)N1CC(O)CC1C(=O)NC1CCC(OC(F)F)CC1)n1cc(C2CC2)nn1. The van der Waals surface area contributed by atoms with E-state index < -0.39 is 36.3 Å². The number of β-amino-alcohol motifs (C(OH)–C–C–N with tert-alkyl or cyclic N) is 1. The molecular formula is C23H35F2N5O4. The molecule has 2 heterocycles. The first-order valence-electron chi connectivity index (χ1n) is 12.2. The molecule has 4 rings (SSSR count). The van der Waals surface area contributed by atoms with Crippen molar-refractivity contribution in [2.75, 3.05) is 6.54 Å². The topological polar surface area (TPSA) is 110 Å². The molecule has 2 saturated carbocycles. The summed E-state index contributed by atoms with van der Waals surface area (Å²) in [6.45, 7) is 3.10. The van der Waals surface area contributed by atoms with Gasteiger partial charge >= 0.3 is 6.61 Å². The molecule has 2 aliphatic carbocycles. The van der Waals surface area contributed by atoms with Crippen molar-refractivity contribution in [3.05, 3.63) is 11.9 Å². The molecule has 2 amide bonds. The summed E-state index contributed by atoms with van der Waals surface area (Å²) in [6.07, 6.45) is 4.76. The molecule has 2 N–H and O–H groups in total. The number of aliphatic hydroxyl groups excluding tert-OH is 1. The van der Waals surface area contributed by atoms with Crippen LogP contribution in [0, 0.1) is 5.41 Å². The summed E-state index contributed by atoms with van der Waals surface area (Å²) in [7, 11) is 0. The molecule has 0 spiro atoms. The summed E-state index contributed by atoms with van der Waals surface area (Å²) in [5.41, 5.74) is 0.382. The predicted octanol–water partition coefficient (Wildman–Crippen LogP) is 2.37. The third-order valence-electron chi connectivity index (χ3n) is 7.02. The maximum absolute atomic E-state index is 13.7. The van der Waals surface area contributed by atoms with Crippen LogP contribution in [0.3, 0.4) is 0 Å². The van der Waals surface area contributed by atoms with Crippen LogP contribution in [0.15, 0.2) is 6.20 Å². The molecule has 9 nitrogen and oxygen atoms in total. The van der Waals surface area contributed by atoms with Gasteiger partial charge in [-0.05, 0) is 43.9 Å². The van der Waals surface area contributed by atoms with Crippen molar-refractivity contribution in [1.29, 1.82) is 0 Å². The van der Waals surface area contributed by atoms with Crippen molar-refractivity contribution < 1.29 is 28.2 Å². The third-order valence-corrected chi connectivity index (χ3v) is 7.02. The highest BCUT2D eigenvalue weighted by molar-refractivity contribution is 5.90. The van der Waals surface area contributed by atoms with Crippen molar-refractivity contribution in [3.63, 3.8) is 0 Å². The number of aromatic nitrogens is 3. The lowest BCUT2D eigenvalue weighted by atomic mass is 9.85. The molecule has 11 heteroatoms. The fourth-order valence-corrected chi connectivity index (χ4v) is 5.11. The maximum Gasteiger partial charge on any atom is 0.345 e. The van der Waals surface area contributed by atoms with Crippen LogP contribution >= 0.6 is 0 Å². The summed E-state index contributed by atoms with van der Waals surface area (Å²) in [4.78, 5) is 28.3. The van der Waals surface area contributed by atoms with E-state index in [-0.39, 0.29) is 30.8 Å². The van der Waals surface area contributed by atoms with Gasteiger partial charge in [0.1, 0.15) is 12.1 Å². The average Bonchev–Trinajstić information content (AvgIpc) is 3.35. The summed E-state index contributed by atoms with van der Waals surface area (Å²) in [5, 5.41) is 21.8. The molecule has 34 heavy (non-hydrogen) atoms. The number of ether oxygens (including phenoxy) is 1. The van der Waals surface area contributed by atoms with Gasteiger partial charge in [0.05, 0.1) is 17.9 Å². The van der Waals surface area contributed by atoms with Crippen LogP contribution in [-0.4, -0.2) is 74.3 Å². The molecule has 3 fully saturated rings. The number of nitrogens with one attached hydrogen (secondary N) is 1. The molecule has 1 aromatic rings. The lowest BCUT2D eigenvalue weighted by Crippen LogP contribution is -2.52. The number of hydrogen-bond donors (Lipinski definition) is 2. The predicted molar refractivity (Wildman–Crippen MR) is 118 cm³/mol. The van der Waals surface area contributed by atoms with Gasteiger partial charge in [-0.3, -0.25) is 9.59 Å². The van der Waals surface area contributed by atoms with Crippen LogP contribution in [-0.2, 0) is 14.3 Å². The van der Waals surface area contributed by atoms with Crippen molar-refractivity contribution in [1.82, 2.24) is 25.2 Å². The standard InChI is InChI=1S/C23H35F2N5O4/c1-23(2,3)19(30-12-17(27-28-30)13-4-5-13)21(33)29-11-15(31)10-18(29)20(32)26-14-6-8-16(9-7-14)34-22(24)25/h12-16,18-19,22,31H,4-11H2,1-3H3,(H,26,32)/t14?,15?,16?,18?,19-/m1/s1. The molecule has 3 aliphatic rings. The van der Waals surface area contributed by atoms with Crippen LogP contribution in [0.5, 0.6) is 0 Å². The summed E-state index contributed by atoms with van der Waals surface area (Å²) >= 11 is 0. The molecule has 190 valence electrons. The zero-order valence-electron chi connectivity index (χ0n) is 20.0. The zero-order valence-corrected chi connectivity index (χ0v) is 20.0. The average molecular weight is 484 g/mol. The van der Waals surface area contributed by atoms with Gasteiger partial charge in [0.15, 0.2) is 0 Å². The Labute approximate surface area is 198 Å². The molecule has 0 bridgehead atoms. The molecule has 1 saturated heterocycles. The van der Waals surface area contributed by atoms with Gasteiger partial charge in [0.25, 0.3) is 0 Å². The Bertz CT molecular complexity index is 877. The van der Waals surface area contributed by atoms with E-state index in [0.717, 1.165) is 18.5 Å². The highest BCUT2D eigenvalue weighted by atomic mass is 19.3. The van der Waals surface area contributed by atoms with Gasteiger partial charge in [-0.2, -0.15) is 8.78 Å². The number of hydrogen-bond acceptors (Lipinski definition) is 6. The quantitative estimate of drug-likeness (QED) is 0.616. The Morgan fingerprint density at radius 2 is 1.85 bits per heavy atom. The van der Waals surface area contributed by atoms with Crippen LogP contribution in [0.25, 0.3) is 0 Å². The minimum absolute atomic E-state index is 0.0721. The number of carbonyl (C=O) groups excluding carboxylic acids is 2. The molecule has 2 unspecified atom stereocenters. The second-order valence-corrected chi connectivity index (χ2v) is 10.9. The minimum atomic E-state index is -2.79. The fraction of sp³-hybridized carbons (Fsp3) is 0.826. The first-order chi connectivity index (χ1) is 16.0. The van der Waals surface area contributed by atoms with E-state index in [2.05, 4.69) is 20.4 Å². The molecule has 0 aromatic carbocycles. The Hall–Kier alpha value is -2.14. The smallest absolute Gasteiger partial charge is 0.345 e. The lowest BCUT2D eigenvalue weighted by Gasteiger charge is -2.35. The third kappa shape index (κ3) is 5.73. The summed E-state index contributed by atoms with van der Waals surface area (Å²) in [5.74, 6) is -0.198. The van der Waals surface area contributed by atoms with Gasteiger partial charge < -0.3 is 20.1 Å². The molecule has 3 atom stereocenters. The van der Waals surface area contributed by atoms with Crippen molar-refractivity contribution in [3.8, 4) is 0 Å². The van der Waals surface area contributed by atoms with Crippen molar-refractivity contribution in [2.45, 2.75) is 109 Å². The first-order valence-corrected chi connectivity index (χ1v) is 12.2. The van der Waals surface area contributed by atoms with Crippen molar-refractivity contribution in [2.24, 2.45) is 5.41 Å². The highest BCUT2D eigenvalue weighted by Crippen LogP contribution is 2.40. The number of likely N-dealkylation sites (tertiary alicyclic amines) is 1. The Morgan fingerprint density at radius 3 is 2.44 bits per heavy atom. The van der Waals surface area contributed by atoms with Crippen LogP contribution < -0.4 is 5.32 Å². The van der Waals surface area contributed by atoms with E-state index >= 15 is 0 Å². The maximum atomic E-state index is 13.7. The monoisotopic (exact) mass is 483 g/mol. The number of carbonyl (C=O) groups is 2. The van der Waals surface area contributed by atoms with E-state index in [4.69, 9.17) is 0 Å². The van der Waals surface area contributed by atoms with Crippen LogP contribution in [0.4, 0.5) is 8.78 Å². The number of aliphatic hydroxyl groups is 1. The van der Waals surface area contributed by atoms with Crippen LogP contribution in [0.1, 0.15) is 83.4 Å². The Balaban J connectivity index is 1.44. The largest absolute Gasteiger partial charge is 0.391 e. The molecular weight excluding hydrogens is 448 g/mol. The highest BCUT2D eigenvalue weighted by Gasteiger charge is 2.46. The van der Waals surface area contributed by atoms with E-state index in [0.29, 0.717) is 31.6 Å². The zero-order chi connectivity index (χ0) is 24.6. The number of amides is 2. The van der Waals surface area contributed by atoms with E-state index in [1.807, 2.05) is 27.0 Å². The minimum Gasteiger partial charge on any atom is -0.391 e. The Morgan fingerprint density at radius 1 is 1.18 bits per heavy atom. The number of alkyl halides is 2. The van der Waals surface area contributed by atoms with Gasteiger partial charge in [0.2, 0.25) is 11.8 Å². The second kappa shape index (κ2) is 9.85. The summed E-state index contributed by atoms with van der Waals surface area (Å²) < 4.78 is 31.1. The van der Waals surface area contributed by atoms with E-state index in [9.17, 15) is 23.5 Å². The molecule has 1 aliphatic heterocycles. The van der Waals surface area contributed by atoms with E-state index in [1.54, 1.807) is 4.68 Å². The van der Waals surface area contributed by atoms with Gasteiger partial charge in [-0.1, -0.05) is 26.0 Å². The van der Waals surface area contributed by atoms with Crippen molar-refractivity contribution >= 4 is 11.8 Å². The van der Waals surface area contributed by atoms with Gasteiger partial charge in [-0.25, -0.2) is 4.68 Å². The molecule has 1 aromatic heterocycles. The van der Waals surface area contributed by atoms with Gasteiger partial charge in [0, 0.05) is 31.1 Å². The lowest BCUT2D eigenvalue weighted by molar-refractivity contribution is -0.170. The normalized spacial score (nSPS) is 28.9. The Kier molecular flexibility index (Phi) is 7.23. The summed E-state index contributed by atoms with van der Waals surface area (Å²) in [6, 6.07) is -1.64. The molecule has 0 radical (unpaired) electrons.